The van der Waals surface area contributed by atoms with Crippen LogP contribution in [0.15, 0.2) is 30.6 Å². The molecule has 0 N–H and O–H groups in total. The zero-order valence-electron chi connectivity index (χ0n) is 15.0. The van der Waals surface area contributed by atoms with E-state index in [1.807, 2.05) is 47.7 Å². The lowest BCUT2D eigenvalue weighted by molar-refractivity contribution is -0.132. The number of likely N-dealkylation sites (tertiary alicyclic amines) is 1. The molecule has 0 bridgehead atoms. The lowest BCUT2D eigenvalue weighted by atomic mass is 9.96. The van der Waals surface area contributed by atoms with E-state index >= 15 is 0 Å². The standard InChI is InChI=1S/C19H26N4O2/c1-3-25-17-9-5-4-7-15(17)10-11-18(24)23-12-6-8-16(13-23)19-21-20-14-22(19)2/h4-5,7,9,14,16H,3,6,8,10-13H2,1-2H3/t16-/m0/s1. The molecule has 1 amide bonds. The summed E-state index contributed by atoms with van der Waals surface area (Å²) in [5.74, 6) is 2.34. The predicted molar refractivity (Wildman–Crippen MR) is 95.5 cm³/mol. The van der Waals surface area contributed by atoms with Gasteiger partial charge in [0.25, 0.3) is 0 Å². The molecule has 6 heteroatoms. The Kier molecular flexibility index (Phi) is 5.68. The largest absolute Gasteiger partial charge is 0.494 e. The summed E-state index contributed by atoms with van der Waals surface area (Å²) in [6, 6.07) is 7.96. The maximum atomic E-state index is 12.7. The smallest absolute Gasteiger partial charge is 0.222 e. The van der Waals surface area contributed by atoms with Gasteiger partial charge in [-0.25, -0.2) is 0 Å². The molecular weight excluding hydrogens is 316 g/mol. The van der Waals surface area contributed by atoms with Gasteiger partial charge in [0.2, 0.25) is 5.91 Å². The van der Waals surface area contributed by atoms with E-state index in [1.54, 1.807) is 6.33 Å². The van der Waals surface area contributed by atoms with Crippen molar-refractivity contribution in [1.82, 2.24) is 19.7 Å². The molecule has 1 atom stereocenters. The molecule has 0 aliphatic carbocycles. The van der Waals surface area contributed by atoms with Gasteiger partial charge in [0.1, 0.15) is 17.9 Å². The van der Waals surface area contributed by atoms with E-state index in [1.165, 1.54) is 0 Å². The molecule has 1 fully saturated rings. The molecule has 1 aliphatic rings. The summed E-state index contributed by atoms with van der Waals surface area (Å²) in [6.45, 7) is 4.18. The fourth-order valence-corrected chi connectivity index (χ4v) is 3.48. The van der Waals surface area contributed by atoms with Crippen molar-refractivity contribution in [2.45, 2.75) is 38.5 Å². The summed E-state index contributed by atoms with van der Waals surface area (Å²) >= 11 is 0. The summed E-state index contributed by atoms with van der Waals surface area (Å²) in [5, 5.41) is 8.18. The molecular formula is C19H26N4O2. The number of rotatable bonds is 6. The fraction of sp³-hybridized carbons (Fsp3) is 0.526. The number of aryl methyl sites for hydroxylation is 2. The van der Waals surface area contributed by atoms with Gasteiger partial charge in [-0.1, -0.05) is 18.2 Å². The van der Waals surface area contributed by atoms with E-state index in [0.717, 1.165) is 43.1 Å². The number of amides is 1. The maximum absolute atomic E-state index is 12.7. The molecule has 2 aromatic rings. The Morgan fingerprint density at radius 1 is 1.36 bits per heavy atom. The topological polar surface area (TPSA) is 60.2 Å². The lowest BCUT2D eigenvalue weighted by Gasteiger charge is -2.32. The number of aromatic nitrogens is 3. The van der Waals surface area contributed by atoms with Crippen LogP contribution in [-0.4, -0.2) is 45.3 Å². The normalized spacial score (nSPS) is 17.5. The maximum Gasteiger partial charge on any atom is 0.222 e. The van der Waals surface area contributed by atoms with Crippen LogP contribution < -0.4 is 4.74 Å². The zero-order valence-corrected chi connectivity index (χ0v) is 15.0. The highest BCUT2D eigenvalue weighted by Crippen LogP contribution is 2.26. The SMILES string of the molecule is CCOc1ccccc1CCC(=O)N1CCC[C@H](c2nncn2C)C1. The van der Waals surface area contributed by atoms with Crippen molar-refractivity contribution >= 4 is 5.91 Å². The zero-order chi connectivity index (χ0) is 17.6. The van der Waals surface area contributed by atoms with Crippen LogP contribution >= 0.6 is 0 Å². The summed E-state index contributed by atoms with van der Waals surface area (Å²) < 4.78 is 7.61. The summed E-state index contributed by atoms with van der Waals surface area (Å²) in [5.41, 5.74) is 1.10. The number of carbonyl (C=O) groups is 1. The minimum absolute atomic E-state index is 0.207. The summed E-state index contributed by atoms with van der Waals surface area (Å²) in [4.78, 5) is 14.7. The van der Waals surface area contributed by atoms with Crippen LogP contribution in [0.4, 0.5) is 0 Å². The Morgan fingerprint density at radius 3 is 2.96 bits per heavy atom. The first kappa shape index (κ1) is 17.5. The van der Waals surface area contributed by atoms with Gasteiger partial charge < -0.3 is 14.2 Å². The second-order valence-corrected chi connectivity index (χ2v) is 6.52. The van der Waals surface area contributed by atoms with E-state index in [2.05, 4.69) is 10.2 Å². The molecule has 2 heterocycles. The highest BCUT2D eigenvalue weighted by atomic mass is 16.5. The van der Waals surface area contributed by atoms with E-state index in [0.29, 0.717) is 19.4 Å². The number of carbonyl (C=O) groups excluding carboxylic acids is 1. The number of para-hydroxylation sites is 1. The first-order chi connectivity index (χ1) is 12.2. The third kappa shape index (κ3) is 4.18. The Morgan fingerprint density at radius 2 is 2.20 bits per heavy atom. The molecule has 3 rings (SSSR count). The van der Waals surface area contributed by atoms with Crippen LogP contribution in [0.1, 0.15) is 43.5 Å². The predicted octanol–water partition coefficient (Wildman–Crippen LogP) is 2.55. The van der Waals surface area contributed by atoms with Crippen molar-refractivity contribution in [2.24, 2.45) is 7.05 Å². The monoisotopic (exact) mass is 342 g/mol. The molecule has 1 saturated heterocycles. The van der Waals surface area contributed by atoms with Crippen molar-refractivity contribution < 1.29 is 9.53 Å². The van der Waals surface area contributed by atoms with Gasteiger partial charge >= 0.3 is 0 Å². The molecule has 6 nitrogen and oxygen atoms in total. The van der Waals surface area contributed by atoms with E-state index in [-0.39, 0.29) is 11.8 Å². The average molecular weight is 342 g/mol. The summed E-state index contributed by atoms with van der Waals surface area (Å²) in [7, 11) is 1.96. The van der Waals surface area contributed by atoms with Gasteiger partial charge in [-0.05, 0) is 37.8 Å². The van der Waals surface area contributed by atoms with Gasteiger partial charge in [0.05, 0.1) is 6.61 Å². The first-order valence-electron chi connectivity index (χ1n) is 9.01. The van der Waals surface area contributed by atoms with Crippen molar-refractivity contribution in [3.63, 3.8) is 0 Å². The van der Waals surface area contributed by atoms with Crippen LogP contribution in [0.2, 0.25) is 0 Å². The molecule has 1 aromatic carbocycles. The molecule has 0 unspecified atom stereocenters. The quantitative estimate of drug-likeness (QED) is 0.809. The van der Waals surface area contributed by atoms with E-state index in [9.17, 15) is 4.79 Å². The second-order valence-electron chi connectivity index (χ2n) is 6.52. The molecule has 134 valence electrons. The minimum atomic E-state index is 0.207. The first-order valence-corrected chi connectivity index (χ1v) is 9.01. The molecule has 1 aliphatic heterocycles. The number of benzene rings is 1. The molecule has 0 spiro atoms. The van der Waals surface area contributed by atoms with Crippen LogP contribution in [0, 0.1) is 0 Å². The second kappa shape index (κ2) is 8.14. The third-order valence-corrected chi connectivity index (χ3v) is 4.77. The van der Waals surface area contributed by atoms with Crippen LogP contribution in [-0.2, 0) is 18.3 Å². The summed E-state index contributed by atoms with van der Waals surface area (Å²) in [6.07, 6.45) is 5.01. The van der Waals surface area contributed by atoms with Crippen molar-refractivity contribution in [3.8, 4) is 5.75 Å². The van der Waals surface area contributed by atoms with Crippen molar-refractivity contribution in [1.29, 1.82) is 0 Å². The Hall–Kier alpha value is -2.37. The third-order valence-electron chi connectivity index (χ3n) is 4.77. The van der Waals surface area contributed by atoms with Crippen molar-refractivity contribution in [3.05, 3.63) is 42.0 Å². The van der Waals surface area contributed by atoms with Gasteiger partial charge in [0, 0.05) is 32.5 Å². The number of nitrogens with zero attached hydrogens (tertiary/aromatic N) is 4. The molecule has 1 aromatic heterocycles. The molecule has 0 saturated carbocycles. The van der Waals surface area contributed by atoms with Crippen LogP contribution in [0.5, 0.6) is 5.75 Å². The highest BCUT2D eigenvalue weighted by molar-refractivity contribution is 5.76. The van der Waals surface area contributed by atoms with Gasteiger partial charge in [-0.15, -0.1) is 10.2 Å². The molecule has 0 radical (unpaired) electrons. The van der Waals surface area contributed by atoms with E-state index < -0.39 is 0 Å². The Labute approximate surface area is 148 Å². The Bertz CT molecular complexity index is 713. The van der Waals surface area contributed by atoms with Crippen LogP contribution in [0.25, 0.3) is 0 Å². The lowest BCUT2D eigenvalue weighted by Crippen LogP contribution is -2.39. The number of hydrogen-bond acceptors (Lipinski definition) is 4. The Balaban J connectivity index is 1.59. The highest BCUT2D eigenvalue weighted by Gasteiger charge is 2.27. The van der Waals surface area contributed by atoms with Gasteiger partial charge in [-0.3, -0.25) is 4.79 Å². The average Bonchev–Trinajstić information content (AvgIpc) is 3.07. The minimum Gasteiger partial charge on any atom is -0.494 e. The number of hydrogen-bond donors (Lipinski definition) is 0. The molecule has 25 heavy (non-hydrogen) atoms. The van der Waals surface area contributed by atoms with E-state index in [4.69, 9.17) is 4.74 Å². The van der Waals surface area contributed by atoms with Gasteiger partial charge in [0.15, 0.2) is 0 Å². The van der Waals surface area contributed by atoms with Crippen molar-refractivity contribution in [2.75, 3.05) is 19.7 Å². The fourth-order valence-electron chi connectivity index (χ4n) is 3.48. The number of piperidine rings is 1. The van der Waals surface area contributed by atoms with Gasteiger partial charge in [-0.2, -0.15) is 0 Å². The number of ether oxygens (including phenoxy) is 1. The van der Waals surface area contributed by atoms with Crippen LogP contribution in [0.3, 0.4) is 0 Å².